The first-order chi connectivity index (χ1) is 8.68. The fourth-order valence-corrected chi connectivity index (χ4v) is 4.27. The standard InChI is InChI=1S/C15H18ClNO/c16-10-3-4-14-11(7-10)13(17)8-15(18-14)5-1-2-9-6-12(9)15/h3-4,7,9,12-13H,1-2,5-6,8,17H2. The van der Waals surface area contributed by atoms with Gasteiger partial charge in [0.1, 0.15) is 11.4 Å². The maximum Gasteiger partial charge on any atom is 0.125 e. The van der Waals surface area contributed by atoms with Gasteiger partial charge in [-0.1, -0.05) is 11.6 Å². The van der Waals surface area contributed by atoms with E-state index in [1.807, 2.05) is 18.2 Å². The number of hydrogen-bond acceptors (Lipinski definition) is 2. The molecule has 0 radical (unpaired) electrons. The van der Waals surface area contributed by atoms with Crippen LogP contribution in [-0.4, -0.2) is 5.60 Å². The third-order valence-electron chi connectivity index (χ3n) is 5.02. The molecule has 4 atom stereocenters. The Bertz CT molecular complexity index is 503. The topological polar surface area (TPSA) is 35.2 Å². The monoisotopic (exact) mass is 263 g/mol. The van der Waals surface area contributed by atoms with Crippen LogP contribution in [0.3, 0.4) is 0 Å². The molecule has 1 aromatic carbocycles. The van der Waals surface area contributed by atoms with Crippen LogP contribution in [0.1, 0.15) is 43.7 Å². The van der Waals surface area contributed by atoms with Gasteiger partial charge in [-0.3, -0.25) is 0 Å². The van der Waals surface area contributed by atoms with Crippen molar-refractivity contribution in [2.24, 2.45) is 17.6 Å². The van der Waals surface area contributed by atoms with Gasteiger partial charge in [-0.05, 0) is 49.8 Å². The predicted octanol–water partition coefficient (Wildman–Crippen LogP) is 3.68. The highest BCUT2D eigenvalue weighted by Crippen LogP contribution is 2.60. The second-order valence-corrected chi connectivity index (χ2v) is 6.59. The van der Waals surface area contributed by atoms with E-state index in [0.29, 0.717) is 0 Å². The van der Waals surface area contributed by atoms with Crippen molar-refractivity contribution in [1.29, 1.82) is 0 Å². The minimum absolute atomic E-state index is 0.0309. The summed E-state index contributed by atoms with van der Waals surface area (Å²) in [5.41, 5.74) is 7.47. The van der Waals surface area contributed by atoms with Crippen molar-refractivity contribution in [3.63, 3.8) is 0 Å². The zero-order valence-corrected chi connectivity index (χ0v) is 11.1. The van der Waals surface area contributed by atoms with Crippen molar-refractivity contribution < 1.29 is 4.74 Å². The molecule has 1 aromatic rings. The number of hydrogen-bond donors (Lipinski definition) is 1. The van der Waals surface area contributed by atoms with E-state index in [9.17, 15) is 0 Å². The number of ether oxygens (including phenoxy) is 1. The Kier molecular flexibility index (Phi) is 2.25. The molecule has 0 aromatic heterocycles. The van der Waals surface area contributed by atoms with Crippen LogP contribution in [0.15, 0.2) is 18.2 Å². The maximum absolute atomic E-state index is 6.40. The summed E-state index contributed by atoms with van der Waals surface area (Å²) in [5.74, 6) is 2.62. The van der Waals surface area contributed by atoms with E-state index in [1.54, 1.807) is 0 Å². The molecule has 1 heterocycles. The normalized spacial score (nSPS) is 40.9. The largest absolute Gasteiger partial charge is 0.487 e. The Morgan fingerprint density at radius 2 is 2.28 bits per heavy atom. The second-order valence-electron chi connectivity index (χ2n) is 6.15. The molecule has 2 N–H and O–H groups in total. The van der Waals surface area contributed by atoms with Crippen molar-refractivity contribution in [2.75, 3.05) is 0 Å². The SMILES string of the molecule is NC1CC2(CCCC3CC32)Oc2ccc(Cl)cc21. The Labute approximate surface area is 112 Å². The zero-order chi connectivity index (χ0) is 12.3. The molecule has 96 valence electrons. The van der Waals surface area contributed by atoms with Crippen LogP contribution < -0.4 is 10.5 Å². The highest BCUT2D eigenvalue weighted by molar-refractivity contribution is 6.30. The molecular weight excluding hydrogens is 246 g/mol. The van der Waals surface area contributed by atoms with Crippen molar-refractivity contribution in [3.05, 3.63) is 28.8 Å². The summed E-state index contributed by atoms with van der Waals surface area (Å²) in [4.78, 5) is 0. The average molecular weight is 264 g/mol. The Balaban J connectivity index is 1.73. The van der Waals surface area contributed by atoms with Gasteiger partial charge < -0.3 is 10.5 Å². The van der Waals surface area contributed by atoms with Crippen LogP contribution in [0.4, 0.5) is 0 Å². The van der Waals surface area contributed by atoms with Gasteiger partial charge in [0, 0.05) is 29.0 Å². The van der Waals surface area contributed by atoms with Gasteiger partial charge in [-0.2, -0.15) is 0 Å². The van der Waals surface area contributed by atoms with E-state index in [2.05, 4.69) is 0 Å². The summed E-state index contributed by atoms with van der Waals surface area (Å²) in [6.45, 7) is 0. The molecule has 2 nitrogen and oxygen atoms in total. The highest BCUT2D eigenvalue weighted by atomic mass is 35.5. The summed E-state index contributed by atoms with van der Waals surface area (Å²) in [7, 11) is 0. The van der Waals surface area contributed by atoms with Crippen molar-refractivity contribution in [1.82, 2.24) is 0 Å². The number of fused-ring (bicyclic) bond motifs is 3. The summed E-state index contributed by atoms with van der Waals surface area (Å²) in [6, 6.07) is 5.93. The quantitative estimate of drug-likeness (QED) is 0.775. The molecule has 1 spiro atoms. The van der Waals surface area contributed by atoms with Gasteiger partial charge >= 0.3 is 0 Å². The summed E-state index contributed by atoms with van der Waals surface area (Å²) >= 11 is 6.05. The highest BCUT2D eigenvalue weighted by Gasteiger charge is 2.58. The lowest BCUT2D eigenvalue weighted by Crippen LogP contribution is -2.46. The smallest absolute Gasteiger partial charge is 0.125 e. The first-order valence-corrected chi connectivity index (χ1v) is 7.30. The fraction of sp³-hybridized carbons (Fsp3) is 0.600. The molecule has 2 aliphatic carbocycles. The first kappa shape index (κ1) is 11.1. The number of halogens is 1. The fourth-order valence-electron chi connectivity index (χ4n) is 4.08. The third kappa shape index (κ3) is 1.52. The molecule has 4 unspecified atom stereocenters. The van der Waals surface area contributed by atoms with E-state index in [1.165, 1.54) is 25.7 Å². The van der Waals surface area contributed by atoms with Crippen molar-refractivity contribution in [3.8, 4) is 5.75 Å². The van der Waals surface area contributed by atoms with Gasteiger partial charge in [0.15, 0.2) is 0 Å². The number of benzene rings is 1. The molecule has 3 heteroatoms. The predicted molar refractivity (Wildman–Crippen MR) is 71.8 cm³/mol. The Morgan fingerprint density at radius 3 is 3.17 bits per heavy atom. The van der Waals surface area contributed by atoms with E-state index < -0.39 is 0 Å². The molecule has 18 heavy (non-hydrogen) atoms. The minimum Gasteiger partial charge on any atom is -0.487 e. The van der Waals surface area contributed by atoms with E-state index in [0.717, 1.165) is 34.6 Å². The molecule has 2 fully saturated rings. The maximum atomic E-state index is 6.40. The van der Waals surface area contributed by atoms with Gasteiger partial charge in [-0.25, -0.2) is 0 Å². The summed E-state index contributed by atoms with van der Waals surface area (Å²) in [6.07, 6.45) is 6.15. The van der Waals surface area contributed by atoms with Gasteiger partial charge in [-0.15, -0.1) is 0 Å². The van der Waals surface area contributed by atoms with Crippen LogP contribution in [-0.2, 0) is 0 Å². The molecule has 1 aliphatic heterocycles. The minimum atomic E-state index is 0.0309. The molecule has 3 aliphatic rings. The molecule has 0 bridgehead atoms. The lowest BCUT2D eigenvalue weighted by molar-refractivity contribution is -0.0121. The molecule has 2 saturated carbocycles. The average Bonchev–Trinajstić information content (AvgIpc) is 3.11. The van der Waals surface area contributed by atoms with E-state index >= 15 is 0 Å². The Hall–Kier alpha value is -0.730. The van der Waals surface area contributed by atoms with Crippen LogP contribution in [0.2, 0.25) is 5.02 Å². The van der Waals surface area contributed by atoms with Crippen LogP contribution in [0, 0.1) is 11.8 Å². The van der Waals surface area contributed by atoms with Crippen LogP contribution >= 0.6 is 11.6 Å². The van der Waals surface area contributed by atoms with Gasteiger partial charge in [0.25, 0.3) is 0 Å². The van der Waals surface area contributed by atoms with Crippen molar-refractivity contribution in [2.45, 2.75) is 43.7 Å². The van der Waals surface area contributed by atoms with Crippen LogP contribution in [0.25, 0.3) is 0 Å². The Morgan fingerprint density at radius 1 is 1.39 bits per heavy atom. The summed E-state index contributed by atoms with van der Waals surface area (Å²) in [5, 5.41) is 0.747. The second kappa shape index (κ2) is 3.64. The van der Waals surface area contributed by atoms with E-state index in [-0.39, 0.29) is 11.6 Å². The lowest BCUT2D eigenvalue weighted by atomic mass is 9.77. The molecule has 0 saturated heterocycles. The van der Waals surface area contributed by atoms with Crippen LogP contribution in [0.5, 0.6) is 5.75 Å². The number of nitrogens with two attached hydrogens (primary N) is 1. The number of rotatable bonds is 0. The first-order valence-electron chi connectivity index (χ1n) is 6.92. The molecule has 4 rings (SSSR count). The lowest BCUT2D eigenvalue weighted by Gasteiger charge is -2.44. The van der Waals surface area contributed by atoms with Gasteiger partial charge in [0.2, 0.25) is 0 Å². The van der Waals surface area contributed by atoms with Crippen molar-refractivity contribution >= 4 is 11.6 Å². The van der Waals surface area contributed by atoms with Gasteiger partial charge in [0.05, 0.1) is 0 Å². The van der Waals surface area contributed by atoms with E-state index in [4.69, 9.17) is 22.1 Å². The molecular formula is C15H18ClNO. The summed E-state index contributed by atoms with van der Waals surface area (Å²) < 4.78 is 6.40. The third-order valence-corrected chi connectivity index (χ3v) is 5.26. The molecule has 0 amide bonds. The zero-order valence-electron chi connectivity index (χ0n) is 10.4.